The molecule has 1 aromatic carbocycles. The predicted octanol–water partition coefficient (Wildman–Crippen LogP) is 5.94. The van der Waals surface area contributed by atoms with Crippen LogP contribution in [0.4, 0.5) is 4.79 Å². The highest BCUT2D eigenvalue weighted by atomic mass is 32.1. The number of amides is 4. The van der Waals surface area contributed by atoms with E-state index in [-0.39, 0.29) is 49.3 Å². The van der Waals surface area contributed by atoms with E-state index in [1.54, 1.807) is 25.3 Å². The minimum absolute atomic E-state index is 0.0104. The van der Waals surface area contributed by atoms with Gasteiger partial charge in [-0.1, -0.05) is 25.3 Å². The maximum atomic E-state index is 14.9. The molecule has 0 radical (unpaired) electrons. The van der Waals surface area contributed by atoms with Crippen LogP contribution in [0.2, 0.25) is 0 Å². The lowest BCUT2D eigenvalue weighted by Gasteiger charge is -2.34. The highest BCUT2D eigenvalue weighted by molar-refractivity contribution is 7.10. The zero-order valence-corrected chi connectivity index (χ0v) is 35.6. The SMILES string of the molecule is C=CC1CC1(NC(=O)C1CC(Oc2cc(-c3csc(CC(=O)NC(C)(C)C)n3)nc3cc(OC)ccc23)CN1C(=O)C(NC(=O)OC1CCCC1)C1CCCCC1)C(=O)O. The topological polar surface area (TPSA) is 198 Å². The van der Waals surface area contributed by atoms with Crippen LogP contribution < -0.4 is 25.4 Å². The van der Waals surface area contributed by atoms with Crippen LogP contribution in [-0.4, -0.2) is 98.8 Å². The quantitative estimate of drug-likeness (QED) is 0.140. The molecule has 3 heterocycles. The molecule has 4 aliphatic rings. The molecule has 60 heavy (non-hydrogen) atoms. The van der Waals surface area contributed by atoms with E-state index in [0.29, 0.717) is 38.8 Å². The first-order valence-corrected chi connectivity index (χ1v) is 21.9. The molecule has 3 aromatic rings. The van der Waals surface area contributed by atoms with Crippen LogP contribution in [0.1, 0.15) is 96.4 Å². The maximum absolute atomic E-state index is 14.9. The molecule has 1 aliphatic heterocycles. The Morgan fingerprint density at radius 2 is 1.75 bits per heavy atom. The molecule has 0 bridgehead atoms. The summed E-state index contributed by atoms with van der Waals surface area (Å²) in [5, 5.41) is 21.9. The number of ether oxygens (including phenoxy) is 3. The Balaban J connectivity index is 1.19. The molecule has 3 saturated carbocycles. The van der Waals surface area contributed by atoms with Crippen molar-refractivity contribution in [3.05, 3.63) is 47.3 Å². The predicted molar refractivity (Wildman–Crippen MR) is 225 cm³/mol. The number of fused-ring (bicyclic) bond motifs is 1. The number of carbonyl (C=O) groups is 5. The van der Waals surface area contributed by atoms with Crippen molar-refractivity contribution in [2.45, 2.75) is 133 Å². The average Bonchev–Trinajstić information content (AvgIpc) is 3.62. The number of nitrogens with zero attached hydrogens (tertiary/aromatic N) is 3. The number of hydrogen-bond acceptors (Lipinski definition) is 11. The fraction of sp³-hybridized carbons (Fsp3) is 0.568. The zero-order chi connectivity index (χ0) is 42.8. The summed E-state index contributed by atoms with van der Waals surface area (Å²) >= 11 is 1.34. The number of thiazole rings is 1. The minimum Gasteiger partial charge on any atom is -0.497 e. The molecule has 16 heteroatoms. The van der Waals surface area contributed by atoms with Crippen molar-refractivity contribution in [3.8, 4) is 22.9 Å². The monoisotopic (exact) mass is 844 g/mol. The Morgan fingerprint density at radius 1 is 1.02 bits per heavy atom. The summed E-state index contributed by atoms with van der Waals surface area (Å²) in [6.07, 6.45) is 8.07. The van der Waals surface area contributed by atoms with Gasteiger partial charge in [-0.2, -0.15) is 0 Å². The van der Waals surface area contributed by atoms with E-state index in [9.17, 15) is 29.1 Å². The summed E-state index contributed by atoms with van der Waals surface area (Å²) in [4.78, 5) is 78.7. The second-order valence-corrected chi connectivity index (χ2v) is 18.6. The van der Waals surface area contributed by atoms with Gasteiger partial charge in [-0.3, -0.25) is 14.4 Å². The lowest BCUT2D eigenvalue weighted by molar-refractivity contribution is -0.146. The fourth-order valence-corrected chi connectivity index (χ4v) is 9.65. The lowest BCUT2D eigenvalue weighted by atomic mass is 9.83. The van der Waals surface area contributed by atoms with Gasteiger partial charge in [0.2, 0.25) is 17.7 Å². The first kappa shape index (κ1) is 42.9. The minimum atomic E-state index is -1.52. The Kier molecular flexibility index (Phi) is 12.7. The highest BCUT2D eigenvalue weighted by Crippen LogP contribution is 2.45. The van der Waals surface area contributed by atoms with E-state index in [4.69, 9.17) is 24.2 Å². The molecule has 4 amide bonds. The van der Waals surface area contributed by atoms with Gasteiger partial charge in [0.25, 0.3) is 0 Å². The van der Waals surface area contributed by atoms with Gasteiger partial charge < -0.3 is 40.2 Å². The van der Waals surface area contributed by atoms with Crippen molar-refractivity contribution in [1.29, 1.82) is 0 Å². The first-order valence-electron chi connectivity index (χ1n) is 21.0. The summed E-state index contributed by atoms with van der Waals surface area (Å²) in [6, 6.07) is 5.09. The van der Waals surface area contributed by atoms with Gasteiger partial charge in [0.05, 0.1) is 31.3 Å². The number of carbonyl (C=O) groups excluding carboxylic acids is 4. The molecule has 2 aromatic heterocycles. The third kappa shape index (κ3) is 9.69. The van der Waals surface area contributed by atoms with E-state index in [1.165, 1.54) is 22.3 Å². The molecule has 4 fully saturated rings. The van der Waals surface area contributed by atoms with E-state index >= 15 is 0 Å². The Morgan fingerprint density at radius 3 is 2.42 bits per heavy atom. The van der Waals surface area contributed by atoms with Crippen LogP contribution in [-0.2, 0) is 30.3 Å². The van der Waals surface area contributed by atoms with Gasteiger partial charge in [-0.25, -0.2) is 19.6 Å². The summed E-state index contributed by atoms with van der Waals surface area (Å²) in [6.45, 7) is 9.49. The molecule has 3 aliphatic carbocycles. The van der Waals surface area contributed by atoms with Crippen molar-refractivity contribution in [3.63, 3.8) is 0 Å². The van der Waals surface area contributed by atoms with Crippen LogP contribution in [0.25, 0.3) is 22.3 Å². The van der Waals surface area contributed by atoms with Gasteiger partial charge in [-0.05, 0) is 83.8 Å². The standard InChI is InChI=1S/C44H56N6O9S/c1-6-26-22-44(26,41(54)55)49-39(52)34-19-29(23-50(34)40(53)38(25-12-8-7-9-13-25)47-42(56)59-27-14-10-11-15-27)58-35-20-32(45-31-18-28(57-5)16-17-30(31)35)33-24-60-37(46-33)21-36(51)48-43(2,3)4/h6,16-18,20,24-27,29,34,38H,1,7-15,19,21-23H2,2-5H3,(H,47,56)(H,48,51)(H,49,52)(H,54,55). The van der Waals surface area contributed by atoms with Gasteiger partial charge >= 0.3 is 12.1 Å². The number of nitrogens with one attached hydrogen (secondary N) is 3. The van der Waals surface area contributed by atoms with E-state index in [2.05, 4.69) is 22.5 Å². The van der Waals surface area contributed by atoms with Crippen molar-refractivity contribution < 1.29 is 43.3 Å². The molecular weight excluding hydrogens is 789 g/mol. The molecule has 1 saturated heterocycles. The smallest absolute Gasteiger partial charge is 0.408 e. The van der Waals surface area contributed by atoms with Crippen molar-refractivity contribution in [2.75, 3.05) is 13.7 Å². The molecule has 322 valence electrons. The highest BCUT2D eigenvalue weighted by Gasteiger charge is 2.61. The molecule has 7 rings (SSSR count). The zero-order valence-electron chi connectivity index (χ0n) is 34.8. The second kappa shape index (κ2) is 17.8. The van der Waals surface area contributed by atoms with Crippen LogP contribution in [0, 0.1) is 11.8 Å². The van der Waals surface area contributed by atoms with E-state index in [0.717, 1.165) is 57.8 Å². The first-order chi connectivity index (χ1) is 28.7. The van der Waals surface area contributed by atoms with Crippen molar-refractivity contribution in [2.24, 2.45) is 11.8 Å². The lowest BCUT2D eigenvalue weighted by Crippen LogP contribution is -2.58. The fourth-order valence-electron chi connectivity index (χ4n) is 8.86. The van der Waals surface area contributed by atoms with E-state index < -0.39 is 53.5 Å². The Labute approximate surface area is 354 Å². The molecule has 5 atom stereocenters. The number of pyridine rings is 1. The Bertz CT molecular complexity index is 2120. The van der Waals surface area contributed by atoms with Crippen LogP contribution in [0.15, 0.2) is 42.3 Å². The normalized spacial score (nSPS) is 23.7. The summed E-state index contributed by atoms with van der Waals surface area (Å²) in [5.41, 5.74) is -0.329. The van der Waals surface area contributed by atoms with Crippen LogP contribution in [0.5, 0.6) is 11.5 Å². The number of benzene rings is 1. The number of methoxy groups -OCH3 is 1. The van der Waals surface area contributed by atoms with Crippen molar-refractivity contribution in [1.82, 2.24) is 30.8 Å². The second-order valence-electron chi connectivity index (χ2n) is 17.6. The number of aliphatic carboxylic acids is 1. The molecule has 4 N–H and O–H groups in total. The summed E-state index contributed by atoms with van der Waals surface area (Å²) in [5.74, 6) is -2.01. The maximum Gasteiger partial charge on any atom is 0.408 e. The average molecular weight is 845 g/mol. The number of likely N-dealkylation sites (tertiary alicyclic amines) is 1. The van der Waals surface area contributed by atoms with Gasteiger partial charge in [-0.15, -0.1) is 17.9 Å². The largest absolute Gasteiger partial charge is 0.497 e. The van der Waals surface area contributed by atoms with E-state index in [1.807, 2.05) is 32.2 Å². The third-order valence-corrected chi connectivity index (χ3v) is 12.9. The van der Waals surface area contributed by atoms with Gasteiger partial charge in [0.1, 0.15) is 52.0 Å². The van der Waals surface area contributed by atoms with Gasteiger partial charge in [0, 0.05) is 40.8 Å². The molecular formula is C44H56N6O9S. The third-order valence-electron chi connectivity index (χ3n) is 12.0. The van der Waals surface area contributed by atoms with Gasteiger partial charge in [0.15, 0.2) is 0 Å². The number of aromatic nitrogens is 2. The van der Waals surface area contributed by atoms with Crippen LogP contribution in [0.3, 0.4) is 0 Å². The molecule has 5 unspecified atom stereocenters. The number of rotatable bonds is 14. The number of carboxylic acids is 1. The van der Waals surface area contributed by atoms with Crippen LogP contribution >= 0.6 is 11.3 Å². The molecule has 15 nitrogen and oxygen atoms in total. The molecule has 0 spiro atoms. The summed E-state index contributed by atoms with van der Waals surface area (Å²) in [7, 11) is 1.56. The number of carboxylic acid groups (broad SMARTS) is 1. The number of alkyl carbamates (subject to hydrolysis) is 1. The Hall–Kier alpha value is -5.25. The number of hydrogen-bond donors (Lipinski definition) is 4. The summed E-state index contributed by atoms with van der Waals surface area (Å²) < 4.78 is 18.0. The van der Waals surface area contributed by atoms with Crippen molar-refractivity contribution >= 4 is 52.0 Å².